The van der Waals surface area contributed by atoms with Crippen LogP contribution in [0.25, 0.3) is 0 Å². The van der Waals surface area contributed by atoms with E-state index in [-0.39, 0.29) is 23.5 Å². The number of hydrogen-bond acceptors (Lipinski definition) is 5. The van der Waals surface area contributed by atoms with Crippen LogP contribution in [0.5, 0.6) is 0 Å². The van der Waals surface area contributed by atoms with Gasteiger partial charge in [-0.25, -0.2) is 8.42 Å². The number of hydrogen-bond donors (Lipinski definition) is 2. The quantitative estimate of drug-likeness (QED) is 0.859. The van der Waals surface area contributed by atoms with Crippen LogP contribution in [0.4, 0.5) is 5.69 Å². The van der Waals surface area contributed by atoms with E-state index < -0.39 is 9.84 Å². The van der Waals surface area contributed by atoms with Crippen molar-refractivity contribution in [3.05, 3.63) is 24.0 Å². The summed E-state index contributed by atoms with van der Waals surface area (Å²) in [6.45, 7) is 2.38. The van der Waals surface area contributed by atoms with Gasteiger partial charge in [-0.1, -0.05) is 0 Å². The molecule has 2 heterocycles. The molecule has 1 amide bonds. The largest absolute Gasteiger partial charge is 0.381 e. The van der Waals surface area contributed by atoms with Gasteiger partial charge in [0.2, 0.25) is 0 Å². The van der Waals surface area contributed by atoms with Crippen LogP contribution >= 0.6 is 0 Å². The Morgan fingerprint density at radius 3 is 3.00 bits per heavy atom. The third-order valence-electron chi connectivity index (χ3n) is 3.16. The number of carbonyl (C=O) groups is 1. The van der Waals surface area contributed by atoms with E-state index in [4.69, 9.17) is 0 Å². The molecule has 2 N–H and O–H groups in total. The lowest BCUT2D eigenvalue weighted by Gasteiger charge is -2.24. The maximum atomic E-state index is 11.7. The summed E-state index contributed by atoms with van der Waals surface area (Å²) in [6, 6.07) is 3.29. The Bertz CT molecular complexity index is 586. The average Bonchev–Trinajstić information content (AvgIpc) is 2.38. The van der Waals surface area contributed by atoms with Gasteiger partial charge in [0.15, 0.2) is 9.84 Å². The maximum absolute atomic E-state index is 11.7. The molecule has 110 valence electrons. The molecule has 0 aliphatic carbocycles. The van der Waals surface area contributed by atoms with Gasteiger partial charge in [-0.2, -0.15) is 0 Å². The third kappa shape index (κ3) is 3.93. The molecule has 0 spiro atoms. The molecule has 20 heavy (non-hydrogen) atoms. The number of rotatable bonds is 4. The van der Waals surface area contributed by atoms with Crippen molar-refractivity contribution in [2.75, 3.05) is 23.4 Å². The molecule has 2 rings (SSSR count). The molecule has 0 radical (unpaired) electrons. The summed E-state index contributed by atoms with van der Waals surface area (Å²) in [4.78, 5) is 15.7. The molecule has 1 aliphatic rings. The Morgan fingerprint density at radius 2 is 2.30 bits per heavy atom. The Hall–Kier alpha value is -1.63. The molecule has 7 heteroatoms. The fourth-order valence-corrected chi connectivity index (χ4v) is 3.90. The van der Waals surface area contributed by atoms with Crippen molar-refractivity contribution in [1.29, 1.82) is 0 Å². The van der Waals surface area contributed by atoms with Crippen molar-refractivity contribution in [3.63, 3.8) is 0 Å². The number of anilines is 1. The summed E-state index contributed by atoms with van der Waals surface area (Å²) >= 11 is 0. The van der Waals surface area contributed by atoms with Gasteiger partial charge in [-0.05, 0) is 31.9 Å². The molecule has 1 aromatic heterocycles. The molecule has 1 fully saturated rings. The molecular formula is C13H19N3O3S. The van der Waals surface area contributed by atoms with Crippen molar-refractivity contribution >= 4 is 21.4 Å². The summed E-state index contributed by atoms with van der Waals surface area (Å²) in [7, 11) is -2.94. The number of nitrogens with zero attached hydrogens (tertiary/aromatic N) is 1. The fraction of sp³-hybridized carbons (Fsp3) is 0.538. The van der Waals surface area contributed by atoms with Crippen LogP contribution in [0, 0.1) is 0 Å². The van der Waals surface area contributed by atoms with Gasteiger partial charge in [0, 0.05) is 24.5 Å². The zero-order valence-electron chi connectivity index (χ0n) is 11.4. The monoisotopic (exact) mass is 297 g/mol. The average molecular weight is 297 g/mol. The van der Waals surface area contributed by atoms with Gasteiger partial charge in [-0.3, -0.25) is 9.78 Å². The van der Waals surface area contributed by atoms with Crippen LogP contribution in [-0.2, 0) is 9.84 Å². The first-order valence-electron chi connectivity index (χ1n) is 6.71. The number of amides is 1. The second kappa shape index (κ2) is 6.21. The van der Waals surface area contributed by atoms with Crippen molar-refractivity contribution < 1.29 is 13.2 Å². The van der Waals surface area contributed by atoms with E-state index in [0.717, 1.165) is 12.1 Å². The highest BCUT2D eigenvalue weighted by Crippen LogP contribution is 2.17. The molecular weight excluding hydrogens is 278 g/mol. The van der Waals surface area contributed by atoms with Gasteiger partial charge in [0.05, 0.1) is 11.5 Å². The molecule has 1 saturated heterocycles. The van der Waals surface area contributed by atoms with Crippen LogP contribution in [0.3, 0.4) is 0 Å². The standard InChI is InChI=1S/C13H19N3O3S/c1-2-14-13(17)12-8-10(5-6-15-12)16-11-4-3-7-20(18,19)9-11/h5-6,8,11H,2-4,7,9H2,1H3,(H,14,17)(H,15,16). The lowest BCUT2D eigenvalue weighted by Crippen LogP contribution is -2.34. The number of carbonyl (C=O) groups excluding carboxylic acids is 1. The molecule has 1 atom stereocenters. The normalized spacial score (nSPS) is 21.1. The van der Waals surface area contributed by atoms with Crippen LogP contribution < -0.4 is 10.6 Å². The van der Waals surface area contributed by atoms with Gasteiger partial charge < -0.3 is 10.6 Å². The van der Waals surface area contributed by atoms with Crippen LogP contribution in [-0.4, -0.2) is 43.4 Å². The highest BCUT2D eigenvalue weighted by atomic mass is 32.2. The first kappa shape index (κ1) is 14.8. The summed E-state index contributed by atoms with van der Waals surface area (Å²) < 4.78 is 23.2. The van der Waals surface area contributed by atoms with Crippen LogP contribution in [0.2, 0.25) is 0 Å². The van der Waals surface area contributed by atoms with E-state index in [1.54, 1.807) is 18.3 Å². The predicted molar refractivity (Wildman–Crippen MR) is 77.5 cm³/mol. The van der Waals surface area contributed by atoms with E-state index in [0.29, 0.717) is 18.7 Å². The number of nitrogens with one attached hydrogen (secondary N) is 2. The van der Waals surface area contributed by atoms with E-state index >= 15 is 0 Å². The Balaban J connectivity index is 2.06. The Labute approximate surface area is 118 Å². The summed E-state index contributed by atoms with van der Waals surface area (Å²) in [6.07, 6.45) is 3.04. The Kier molecular flexibility index (Phi) is 4.59. The topological polar surface area (TPSA) is 88.2 Å². The van der Waals surface area contributed by atoms with Gasteiger partial charge in [0.25, 0.3) is 5.91 Å². The van der Waals surface area contributed by atoms with Crippen molar-refractivity contribution in [3.8, 4) is 0 Å². The van der Waals surface area contributed by atoms with Crippen molar-refractivity contribution in [2.24, 2.45) is 0 Å². The number of aromatic nitrogens is 1. The highest BCUT2D eigenvalue weighted by Gasteiger charge is 2.24. The third-order valence-corrected chi connectivity index (χ3v) is 4.98. The van der Waals surface area contributed by atoms with Crippen molar-refractivity contribution in [1.82, 2.24) is 10.3 Å². The first-order chi connectivity index (χ1) is 9.50. The van der Waals surface area contributed by atoms with E-state index in [9.17, 15) is 13.2 Å². The molecule has 0 aromatic carbocycles. The zero-order valence-corrected chi connectivity index (χ0v) is 12.2. The maximum Gasteiger partial charge on any atom is 0.269 e. The van der Waals surface area contributed by atoms with Crippen molar-refractivity contribution in [2.45, 2.75) is 25.8 Å². The van der Waals surface area contributed by atoms with E-state index in [1.807, 2.05) is 6.92 Å². The second-order valence-corrected chi connectivity index (χ2v) is 7.12. The summed E-state index contributed by atoms with van der Waals surface area (Å²) in [5.41, 5.74) is 1.05. The van der Waals surface area contributed by atoms with Gasteiger partial charge in [-0.15, -0.1) is 0 Å². The summed E-state index contributed by atoms with van der Waals surface area (Å²) in [5, 5.41) is 5.86. The zero-order chi connectivity index (χ0) is 14.6. The number of sulfone groups is 1. The summed E-state index contributed by atoms with van der Waals surface area (Å²) in [5.74, 6) is 0.185. The van der Waals surface area contributed by atoms with Crippen LogP contribution in [0.1, 0.15) is 30.3 Å². The SMILES string of the molecule is CCNC(=O)c1cc(NC2CCCS(=O)(=O)C2)ccn1. The molecule has 0 bridgehead atoms. The predicted octanol–water partition coefficient (Wildman–Crippen LogP) is 0.820. The highest BCUT2D eigenvalue weighted by molar-refractivity contribution is 7.91. The minimum atomic E-state index is -2.94. The molecule has 0 saturated carbocycles. The Morgan fingerprint density at radius 1 is 1.50 bits per heavy atom. The van der Waals surface area contributed by atoms with Gasteiger partial charge >= 0.3 is 0 Å². The minimum Gasteiger partial charge on any atom is -0.381 e. The smallest absolute Gasteiger partial charge is 0.269 e. The molecule has 6 nitrogen and oxygen atoms in total. The second-order valence-electron chi connectivity index (χ2n) is 4.89. The van der Waals surface area contributed by atoms with E-state index in [2.05, 4.69) is 15.6 Å². The lowest BCUT2D eigenvalue weighted by molar-refractivity contribution is 0.0951. The molecule has 1 aliphatic heterocycles. The lowest BCUT2D eigenvalue weighted by atomic mass is 10.1. The van der Waals surface area contributed by atoms with E-state index in [1.165, 1.54) is 0 Å². The van der Waals surface area contributed by atoms with Crippen LogP contribution in [0.15, 0.2) is 18.3 Å². The first-order valence-corrected chi connectivity index (χ1v) is 8.53. The van der Waals surface area contributed by atoms with Gasteiger partial charge in [0.1, 0.15) is 5.69 Å². The molecule has 1 aromatic rings. The molecule has 1 unspecified atom stereocenters. The fourth-order valence-electron chi connectivity index (χ4n) is 2.27. The number of pyridine rings is 1. The minimum absolute atomic E-state index is 0.0989.